The number of benzene rings is 1. The van der Waals surface area contributed by atoms with E-state index in [1.54, 1.807) is 25.3 Å². The van der Waals surface area contributed by atoms with Crippen molar-refractivity contribution in [2.24, 2.45) is 10.9 Å². The van der Waals surface area contributed by atoms with Gasteiger partial charge in [0.05, 0.1) is 7.11 Å². The molecular formula is C14H15N3O3. The Hall–Kier alpha value is -2.76. The molecule has 3 N–H and O–H groups in total. The lowest BCUT2D eigenvalue weighted by molar-refractivity contribution is 0.318. The van der Waals surface area contributed by atoms with E-state index in [4.69, 9.17) is 20.4 Å². The Kier molecular flexibility index (Phi) is 4.05. The second kappa shape index (κ2) is 5.92. The fraction of sp³-hybridized carbons (Fsp3) is 0.143. The van der Waals surface area contributed by atoms with Crippen LogP contribution in [-0.2, 0) is 0 Å². The van der Waals surface area contributed by atoms with E-state index in [1.807, 2.05) is 19.1 Å². The highest BCUT2D eigenvalue weighted by Crippen LogP contribution is 2.33. The number of ether oxygens (including phenoxy) is 2. The number of aryl methyl sites for hydroxylation is 1. The first kappa shape index (κ1) is 13.7. The second-order valence-corrected chi connectivity index (χ2v) is 4.09. The van der Waals surface area contributed by atoms with Crippen molar-refractivity contribution in [1.82, 2.24) is 4.98 Å². The summed E-state index contributed by atoms with van der Waals surface area (Å²) in [6, 6.07) is 8.92. The summed E-state index contributed by atoms with van der Waals surface area (Å²) in [6.45, 7) is 1.96. The Morgan fingerprint density at radius 2 is 2.05 bits per heavy atom. The number of methoxy groups -OCH3 is 1. The van der Waals surface area contributed by atoms with Gasteiger partial charge in [0, 0.05) is 6.20 Å². The highest BCUT2D eigenvalue weighted by atomic mass is 16.5. The number of rotatable bonds is 4. The van der Waals surface area contributed by atoms with Gasteiger partial charge in [-0.25, -0.2) is 4.98 Å². The molecule has 2 rings (SSSR count). The number of nitrogens with zero attached hydrogens (tertiary/aromatic N) is 2. The maximum Gasteiger partial charge on any atom is 0.192 e. The lowest BCUT2D eigenvalue weighted by Gasteiger charge is -2.12. The minimum absolute atomic E-state index is 0.119. The van der Waals surface area contributed by atoms with E-state index in [9.17, 15) is 0 Å². The van der Waals surface area contributed by atoms with E-state index in [1.165, 1.54) is 6.20 Å². The summed E-state index contributed by atoms with van der Waals surface area (Å²) >= 11 is 0. The number of aromatic nitrogens is 1. The molecule has 0 fully saturated rings. The highest BCUT2D eigenvalue weighted by molar-refractivity contribution is 5.97. The van der Waals surface area contributed by atoms with Crippen molar-refractivity contribution in [1.29, 1.82) is 0 Å². The van der Waals surface area contributed by atoms with Crippen molar-refractivity contribution in [2.45, 2.75) is 6.92 Å². The average Bonchev–Trinajstić information content (AvgIpc) is 2.48. The minimum Gasteiger partial charge on any atom is -0.493 e. The molecular weight excluding hydrogens is 258 g/mol. The van der Waals surface area contributed by atoms with Gasteiger partial charge in [-0.1, -0.05) is 11.2 Å². The number of hydrogen-bond donors (Lipinski definition) is 2. The van der Waals surface area contributed by atoms with E-state index >= 15 is 0 Å². The molecule has 0 aliphatic heterocycles. The van der Waals surface area contributed by atoms with Crippen molar-refractivity contribution in [3.63, 3.8) is 0 Å². The summed E-state index contributed by atoms with van der Waals surface area (Å²) in [6.07, 6.45) is 1.53. The topological polar surface area (TPSA) is 90.0 Å². The molecule has 1 aromatic carbocycles. The molecule has 0 aliphatic carbocycles. The van der Waals surface area contributed by atoms with E-state index in [0.717, 1.165) is 5.56 Å². The van der Waals surface area contributed by atoms with E-state index < -0.39 is 0 Å². The normalized spacial score (nSPS) is 11.2. The predicted octanol–water partition coefficient (Wildman–Crippen LogP) is 2.29. The average molecular weight is 273 g/mol. The molecule has 20 heavy (non-hydrogen) atoms. The Labute approximate surface area is 116 Å². The highest BCUT2D eigenvalue weighted by Gasteiger charge is 2.13. The number of pyridine rings is 1. The van der Waals surface area contributed by atoms with Crippen LogP contribution >= 0.6 is 0 Å². The van der Waals surface area contributed by atoms with Gasteiger partial charge in [-0.15, -0.1) is 0 Å². The number of nitrogens with two attached hydrogens (primary N) is 1. The summed E-state index contributed by atoms with van der Waals surface area (Å²) in [5.41, 5.74) is 6.88. The first-order chi connectivity index (χ1) is 9.65. The molecule has 1 heterocycles. The lowest BCUT2D eigenvalue weighted by Crippen LogP contribution is -2.16. The number of amidine groups is 1. The molecule has 0 radical (unpaired) electrons. The molecule has 1 aromatic heterocycles. The van der Waals surface area contributed by atoms with Crippen LogP contribution in [-0.4, -0.2) is 23.1 Å². The van der Waals surface area contributed by atoms with Gasteiger partial charge in [0.2, 0.25) is 0 Å². The lowest BCUT2D eigenvalue weighted by atomic mass is 10.2. The van der Waals surface area contributed by atoms with Crippen LogP contribution in [0.15, 0.2) is 41.7 Å². The van der Waals surface area contributed by atoms with E-state index in [-0.39, 0.29) is 11.5 Å². The van der Waals surface area contributed by atoms with Crippen LogP contribution < -0.4 is 15.2 Å². The van der Waals surface area contributed by atoms with E-state index in [0.29, 0.717) is 17.2 Å². The summed E-state index contributed by atoms with van der Waals surface area (Å²) < 4.78 is 11.0. The van der Waals surface area contributed by atoms with Crippen molar-refractivity contribution in [3.8, 4) is 17.2 Å². The first-order valence-corrected chi connectivity index (χ1v) is 5.91. The van der Waals surface area contributed by atoms with Crippen LogP contribution in [0.2, 0.25) is 0 Å². The van der Waals surface area contributed by atoms with Crippen LogP contribution in [0.25, 0.3) is 0 Å². The van der Waals surface area contributed by atoms with Gasteiger partial charge in [0.25, 0.3) is 0 Å². The van der Waals surface area contributed by atoms with Crippen LogP contribution in [0.1, 0.15) is 11.3 Å². The van der Waals surface area contributed by atoms with Crippen LogP contribution in [0.4, 0.5) is 0 Å². The predicted molar refractivity (Wildman–Crippen MR) is 74.6 cm³/mol. The van der Waals surface area contributed by atoms with Gasteiger partial charge in [-0.05, 0) is 36.8 Å². The first-order valence-electron chi connectivity index (χ1n) is 5.91. The molecule has 0 aliphatic rings. The molecule has 0 atom stereocenters. The van der Waals surface area contributed by atoms with Gasteiger partial charge in [-0.3, -0.25) is 0 Å². The number of oxime groups is 1. The fourth-order valence-corrected chi connectivity index (χ4v) is 1.69. The molecule has 0 saturated heterocycles. The molecule has 2 aromatic rings. The van der Waals surface area contributed by atoms with Gasteiger partial charge in [0.1, 0.15) is 0 Å². The molecule has 104 valence electrons. The smallest absolute Gasteiger partial charge is 0.192 e. The fourth-order valence-electron chi connectivity index (χ4n) is 1.69. The molecule has 0 saturated carbocycles. The minimum atomic E-state index is -0.119. The number of hydrogen-bond acceptors (Lipinski definition) is 5. The van der Waals surface area contributed by atoms with E-state index in [2.05, 4.69) is 10.1 Å². The zero-order chi connectivity index (χ0) is 14.5. The summed E-state index contributed by atoms with van der Waals surface area (Å²) in [5, 5.41) is 11.7. The molecule has 0 unspecified atom stereocenters. The maximum atomic E-state index is 8.76. The molecule has 6 nitrogen and oxygen atoms in total. The standard InChI is InChI=1S/C14H15N3O3/c1-9-5-6-10(12(8-9)19-2)20-11-4-3-7-16-13(11)14(15)17-18/h3-8,18H,1-2H3,(H2,15,17). The molecule has 0 amide bonds. The third-order valence-corrected chi connectivity index (χ3v) is 2.66. The largest absolute Gasteiger partial charge is 0.493 e. The van der Waals surface area contributed by atoms with Crippen molar-refractivity contribution >= 4 is 5.84 Å². The maximum absolute atomic E-state index is 8.76. The Morgan fingerprint density at radius 1 is 1.25 bits per heavy atom. The molecule has 6 heteroatoms. The van der Waals surface area contributed by atoms with Crippen LogP contribution in [0, 0.1) is 6.92 Å². The third-order valence-electron chi connectivity index (χ3n) is 2.66. The summed E-state index contributed by atoms with van der Waals surface area (Å²) in [5.74, 6) is 1.38. The summed E-state index contributed by atoms with van der Waals surface area (Å²) in [7, 11) is 1.56. The zero-order valence-electron chi connectivity index (χ0n) is 11.2. The Bertz CT molecular complexity index is 641. The quantitative estimate of drug-likeness (QED) is 0.386. The van der Waals surface area contributed by atoms with Crippen LogP contribution in [0.3, 0.4) is 0 Å². The monoisotopic (exact) mass is 273 g/mol. The Balaban J connectivity index is 2.40. The van der Waals surface area contributed by atoms with Crippen molar-refractivity contribution < 1.29 is 14.7 Å². The van der Waals surface area contributed by atoms with Gasteiger partial charge in [0.15, 0.2) is 28.8 Å². The van der Waals surface area contributed by atoms with Gasteiger partial charge < -0.3 is 20.4 Å². The van der Waals surface area contributed by atoms with Gasteiger partial charge >= 0.3 is 0 Å². The second-order valence-electron chi connectivity index (χ2n) is 4.09. The molecule has 0 bridgehead atoms. The Morgan fingerprint density at radius 3 is 2.75 bits per heavy atom. The molecule has 0 spiro atoms. The third kappa shape index (κ3) is 2.80. The van der Waals surface area contributed by atoms with Crippen LogP contribution in [0.5, 0.6) is 17.2 Å². The summed E-state index contributed by atoms with van der Waals surface area (Å²) in [4.78, 5) is 4.04. The SMILES string of the molecule is COc1cc(C)ccc1Oc1cccnc1/C(N)=N/O. The van der Waals surface area contributed by atoms with Crippen molar-refractivity contribution in [3.05, 3.63) is 47.8 Å². The zero-order valence-corrected chi connectivity index (χ0v) is 11.2. The van der Waals surface area contributed by atoms with Crippen molar-refractivity contribution in [2.75, 3.05) is 7.11 Å². The van der Waals surface area contributed by atoms with Gasteiger partial charge in [-0.2, -0.15) is 0 Å².